The lowest BCUT2D eigenvalue weighted by Gasteiger charge is -2.33. The molecule has 4 N–H and O–H groups in total. The normalized spacial score (nSPS) is 37.9. The molecular formula is C14H25N4OS+. The van der Waals surface area contributed by atoms with E-state index in [1.54, 1.807) is 0 Å². The lowest BCUT2D eigenvalue weighted by Crippen LogP contribution is -2.98. The highest BCUT2D eigenvalue weighted by molar-refractivity contribution is 8.00. The number of rotatable bonds is 3. The average molecular weight is 297 g/mol. The van der Waals surface area contributed by atoms with E-state index >= 15 is 0 Å². The maximum Gasteiger partial charge on any atom is 0.230 e. The standard InChI is InChI=1S/C14H24N4OS/c1-9-6-7-15-14(16-9)20-8-12-17-11-5-3-2-4-10(11)13(19)18-12/h9-11,14-16H,2-8H2,1H3,(H,17,18,19)/p+1. The summed E-state index contributed by atoms with van der Waals surface area (Å²) in [5.41, 5.74) is 0.391. The van der Waals surface area contributed by atoms with Gasteiger partial charge in [-0.05, 0) is 19.8 Å². The third-order valence-electron chi connectivity index (χ3n) is 4.50. The van der Waals surface area contributed by atoms with E-state index in [0.717, 1.165) is 31.0 Å². The predicted octanol–water partition coefficient (Wildman–Crippen LogP) is 0.0355. The molecule has 4 atom stereocenters. The van der Waals surface area contributed by atoms with Crippen LogP contribution in [0.5, 0.6) is 0 Å². The number of quaternary nitrogens is 1. The SMILES string of the molecule is CC1CCNC(SCC2=NC3CCCCC3C(=O)N2)[NH2+]1. The van der Waals surface area contributed by atoms with Crippen molar-refractivity contribution in [1.82, 2.24) is 10.6 Å². The maximum atomic E-state index is 12.1. The summed E-state index contributed by atoms with van der Waals surface area (Å²) in [6.07, 6.45) is 5.70. The molecule has 0 aromatic carbocycles. The van der Waals surface area contributed by atoms with Gasteiger partial charge in [0.25, 0.3) is 0 Å². The highest BCUT2D eigenvalue weighted by Crippen LogP contribution is 2.29. The number of nitrogens with zero attached hydrogens (tertiary/aromatic N) is 1. The first-order valence-corrected chi connectivity index (χ1v) is 8.85. The molecule has 20 heavy (non-hydrogen) atoms. The van der Waals surface area contributed by atoms with Crippen molar-refractivity contribution in [2.24, 2.45) is 10.9 Å². The molecule has 6 heteroatoms. The molecule has 3 aliphatic rings. The zero-order valence-corrected chi connectivity index (χ0v) is 12.9. The molecule has 0 spiro atoms. The van der Waals surface area contributed by atoms with Crippen LogP contribution >= 0.6 is 11.8 Å². The number of amidine groups is 1. The smallest absolute Gasteiger partial charge is 0.230 e. The summed E-state index contributed by atoms with van der Waals surface area (Å²) in [4.78, 5) is 16.9. The first-order valence-electron chi connectivity index (χ1n) is 7.80. The van der Waals surface area contributed by atoms with Crippen molar-refractivity contribution in [2.75, 3.05) is 12.3 Å². The topological polar surface area (TPSA) is 70.1 Å². The van der Waals surface area contributed by atoms with Gasteiger partial charge in [0.15, 0.2) is 5.50 Å². The molecular weight excluding hydrogens is 272 g/mol. The minimum Gasteiger partial charge on any atom is -0.320 e. The molecule has 2 heterocycles. The van der Waals surface area contributed by atoms with Gasteiger partial charge in [-0.15, -0.1) is 0 Å². The fraction of sp³-hybridized carbons (Fsp3) is 0.857. The van der Waals surface area contributed by atoms with Gasteiger partial charge >= 0.3 is 0 Å². The van der Waals surface area contributed by atoms with Crippen LogP contribution in [0.4, 0.5) is 0 Å². The summed E-state index contributed by atoms with van der Waals surface area (Å²) in [7, 11) is 0. The van der Waals surface area contributed by atoms with Crippen molar-refractivity contribution in [3.63, 3.8) is 0 Å². The molecule has 2 aliphatic heterocycles. The monoisotopic (exact) mass is 297 g/mol. The highest BCUT2D eigenvalue weighted by Gasteiger charge is 2.35. The number of hydrogen-bond acceptors (Lipinski definition) is 4. The number of thioether (sulfide) groups is 1. The zero-order valence-electron chi connectivity index (χ0n) is 12.1. The Hall–Kier alpha value is -0.590. The van der Waals surface area contributed by atoms with E-state index in [1.807, 2.05) is 11.8 Å². The summed E-state index contributed by atoms with van der Waals surface area (Å²) in [5, 5.41) is 8.88. The lowest BCUT2D eigenvalue weighted by atomic mass is 9.83. The number of hydrogen-bond donors (Lipinski definition) is 3. The van der Waals surface area contributed by atoms with E-state index in [0.29, 0.717) is 11.5 Å². The summed E-state index contributed by atoms with van der Waals surface area (Å²) < 4.78 is 0. The van der Waals surface area contributed by atoms with Crippen molar-refractivity contribution >= 4 is 23.5 Å². The molecule has 1 saturated carbocycles. The van der Waals surface area contributed by atoms with Gasteiger partial charge in [0, 0.05) is 13.0 Å². The van der Waals surface area contributed by atoms with Gasteiger partial charge in [-0.2, -0.15) is 0 Å². The molecule has 5 nitrogen and oxygen atoms in total. The fourth-order valence-electron chi connectivity index (χ4n) is 3.31. The average Bonchev–Trinajstić information content (AvgIpc) is 2.45. The number of fused-ring (bicyclic) bond motifs is 1. The van der Waals surface area contributed by atoms with Crippen LogP contribution in [0.1, 0.15) is 39.0 Å². The third kappa shape index (κ3) is 3.35. The first-order chi connectivity index (χ1) is 9.72. The molecule has 2 fully saturated rings. The predicted molar refractivity (Wildman–Crippen MR) is 81.6 cm³/mol. The van der Waals surface area contributed by atoms with Crippen LogP contribution in [-0.4, -0.2) is 41.6 Å². The van der Waals surface area contributed by atoms with Crippen LogP contribution in [0, 0.1) is 5.92 Å². The van der Waals surface area contributed by atoms with Gasteiger partial charge in [-0.25, -0.2) is 0 Å². The molecule has 0 radical (unpaired) electrons. The van der Waals surface area contributed by atoms with Crippen LogP contribution in [0.25, 0.3) is 0 Å². The molecule has 1 saturated heterocycles. The first kappa shape index (κ1) is 14.4. The summed E-state index contributed by atoms with van der Waals surface area (Å²) in [6, 6.07) is 0.926. The second-order valence-corrected chi connectivity index (χ2v) is 7.30. The maximum absolute atomic E-state index is 12.1. The van der Waals surface area contributed by atoms with Gasteiger partial charge in [0.2, 0.25) is 5.91 Å². The van der Waals surface area contributed by atoms with Crippen molar-refractivity contribution in [2.45, 2.75) is 56.6 Å². The van der Waals surface area contributed by atoms with Crippen molar-refractivity contribution in [3.8, 4) is 0 Å². The number of carbonyl (C=O) groups is 1. The Kier molecular flexibility index (Phi) is 4.63. The van der Waals surface area contributed by atoms with Gasteiger partial charge in [0.1, 0.15) is 5.84 Å². The van der Waals surface area contributed by atoms with Crippen LogP contribution in [0.15, 0.2) is 4.99 Å². The van der Waals surface area contributed by atoms with E-state index in [9.17, 15) is 4.79 Å². The van der Waals surface area contributed by atoms with Gasteiger partial charge < -0.3 is 10.6 Å². The quantitative estimate of drug-likeness (QED) is 0.689. The third-order valence-corrected chi connectivity index (χ3v) is 5.63. The molecule has 4 unspecified atom stereocenters. The Labute approximate surface area is 124 Å². The van der Waals surface area contributed by atoms with E-state index in [4.69, 9.17) is 4.99 Å². The Morgan fingerprint density at radius 1 is 1.35 bits per heavy atom. The van der Waals surface area contributed by atoms with E-state index in [2.05, 4.69) is 22.9 Å². The van der Waals surface area contributed by atoms with E-state index < -0.39 is 0 Å². The molecule has 112 valence electrons. The Bertz CT molecular complexity index is 401. The van der Waals surface area contributed by atoms with E-state index in [1.165, 1.54) is 19.3 Å². The summed E-state index contributed by atoms with van der Waals surface area (Å²) in [6.45, 7) is 3.35. The van der Waals surface area contributed by atoms with Crippen molar-refractivity contribution in [1.29, 1.82) is 0 Å². The van der Waals surface area contributed by atoms with Crippen LogP contribution in [0.3, 0.4) is 0 Å². The molecule has 0 bridgehead atoms. The van der Waals surface area contributed by atoms with Crippen LogP contribution < -0.4 is 16.0 Å². The van der Waals surface area contributed by atoms with Gasteiger partial charge in [-0.1, -0.05) is 24.6 Å². The second kappa shape index (κ2) is 6.45. The molecule has 1 amide bonds. The van der Waals surface area contributed by atoms with Crippen LogP contribution in [-0.2, 0) is 4.79 Å². The lowest BCUT2D eigenvalue weighted by molar-refractivity contribution is -0.710. The van der Waals surface area contributed by atoms with Gasteiger partial charge in [0.05, 0.1) is 23.8 Å². The number of nitrogens with two attached hydrogens (primary N) is 1. The van der Waals surface area contributed by atoms with Crippen LogP contribution in [0.2, 0.25) is 0 Å². The Balaban J connectivity index is 1.54. The minimum atomic E-state index is 0.136. The number of amides is 1. The molecule has 0 aromatic rings. The van der Waals surface area contributed by atoms with E-state index in [-0.39, 0.29) is 17.9 Å². The molecule has 0 aromatic heterocycles. The van der Waals surface area contributed by atoms with Crippen molar-refractivity contribution in [3.05, 3.63) is 0 Å². The minimum absolute atomic E-state index is 0.136. The second-order valence-electron chi connectivity index (χ2n) is 6.17. The van der Waals surface area contributed by atoms with Gasteiger partial charge in [-0.3, -0.25) is 15.1 Å². The number of aliphatic imine (C=N–C) groups is 1. The Morgan fingerprint density at radius 2 is 2.20 bits per heavy atom. The highest BCUT2D eigenvalue weighted by atomic mass is 32.2. The largest absolute Gasteiger partial charge is 0.320 e. The zero-order chi connectivity index (χ0) is 13.9. The fourth-order valence-corrected chi connectivity index (χ4v) is 4.41. The Morgan fingerprint density at radius 3 is 3.05 bits per heavy atom. The summed E-state index contributed by atoms with van der Waals surface area (Å²) >= 11 is 1.84. The van der Waals surface area contributed by atoms with Crippen molar-refractivity contribution < 1.29 is 10.1 Å². The summed E-state index contributed by atoms with van der Waals surface area (Å²) in [5.74, 6) is 2.03. The molecule has 3 rings (SSSR count). The number of carbonyl (C=O) groups excluding carboxylic acids is 1. The number of nitrogens with one attached hydrogen (secondary N) is 2. The molecule has 1 aliphatic carbocycles.